The molecule has 0 saturated heterocycles. The minimum absolute atomic E-state index is 0.705. The molecule has 0 amide bonds. The molecule has 0 fully saturated rings. The second-order valence-corrected chi connectivity index (χ2v) is 5.56. The van der Waals surface area contributed by atoms with Crippen LogP contribution in [0.4, 0.5) is 5.69 Å². The lowest BCUT2D eigenvalue weighted by molar-refractivity contribution is 0.294. The molecular weight excluding hydrogens is 274 g/mol. The normalized spacial score (nSPS) is 10.4. The van der Waals surface area contributed by atoms with Gasteiger partial charge in [-0.25, -0.2) is 0 Å². The molecule has 1 N–H and O–H groups in total. The Morgan fingerprint density at radius 3 is 2.32 bits per heavy atom. The summed E-state index contributed by atoms with van der Waals surface area (Å²) in [7, 11) is 1.68. The van der Waals surface area contributed by atoms with Gasteiger partial charge in [-0.3, -0.25) is 0 Å². The van der Waals surface area contributed by atoms with E-state index in [-0.39, 0.29) is 0 Å². The van der Waals surface area contributed by atoms with Crippen LogP contribution in [0.15, 0.2) is 36.4 Å². The molecule has 2 aromatic rings. The molecule has 2 aromatic carbocycles. The number of rotatable bonds is 7. The summed E-state index contributed by atoms with van der Waals surface area (Å²) in [4.78, 5) is 0. The van der Waals surface area contributed by atoms with Crippen molar-refractivity contribution >= 4 is 5.69 Å². The van der Waals surface area contributed by atoms with E-state index in [9.17, 15) is 0 Å². The lowest BCUT2D eigenvalue weighted by atomic mass is 10.1. The Hall–Kier alpha value is -2.16. The minimum Gasteiger partial charge on any atom is -0.493 e. The first-order valence-electron chi connectivity index (χ1n) is 7.74. The number of hydrogen-bond donors (Lipinski definition) is 1. The monoisotopic (exact) mass is 299 g/mol. The number of benzene rings is 2. The molecule has 0 aliphatic rings. The first kappa shape index (κ1) is 16.2. The van der Waals surface area contributed by atoms with Crippen LogP contribution in [0.3, 0.4) is 0 Å². The van der Waals surface area contributed by atoms with E-state index in [0.29, 0.717) is 6.61 Å². The molecule has 0 spiro atoms. The molecule has 3 heteroatoms. The molecule has 0 bridgehead atoms. The molecule has 2 rings (SSSR count). The van der Waals surface area contributed by atoms with Gasteiger partial charge in [0.2, 0.25) is 0 Å². The van der Waals surface area contributed by atoms with Crippen molar-refractivity contribution in [2.75, 3.05) is 19.0 Å². The topological polar surface area (TPSA) is 30.5 Å². The Morgan fingerprint density at radius 1 is 0.955 bits per heavy atom. The molecular formula is C19H25NO2. The van der Waals surface area contributed by atoms with Crippen molar-refractivity contribution in [2.45, 2.75) is 33.7 Å². The summed E-state index contributed by atoms with van der Waals surface area (Å²) >= 11 is 0. The van der Waals surface area contributed by atoms with Gasteiger partial charge in [0.1, 0.15) is 0 Å². The highest BCUT2D eigenvalue weighted by Gasteiger charge is 2.06. The van der Waals surface area contributed by atoms with Gasteiger partial charge < -0.3 is 14.8 Å². The number of methoxy groups -OCH3 is 1. The maximum Gasteiger partial charge on any atom is 0.161 e. The van der Waals surface area contributed by atoms with Crippen LogP contribution in [-0.4, -0.2) is 13.7 Å². The van der Waals surface area contributed by atoms with E-state index in [1.807, 2.05) is 12.1 Å². The highest BCUT2D eigenvalue weighted by molar-refractivity contribution is 5.50. The molecule has 3 nitrogen and oxygen atoms in total. The molecule has 0 aliphatic heterocycles. The highest BCUT2D eigenvalue weighted by atomic mass is 16.5. The quantitative estimate of drug-likeness (QED) is 0.803. The Labute approximate surface area is 133 Å². The second-order valence-electron chi connectivity index (χ2n) is 5.56. The van der Waals surface area contributed by atoms with Gasteiger partial charge >= 0.3 is 0 Å². The summed E-state index contributed by atoms with van der Waals surface area (Å²) in [6.45, 7) is 7.78. The summed E-state index contributed by atoms with van der Waals surface area (Å²) in [5, 5.41) is 3.46. The number of aryl methyl sites for hydroxylation is 2. The van der Waals surface area contributed by atoms with Crippen LogP contribution in [0.1, 0.15) is 30.0 Å². The van der Waals surface area contributed by atoms with Crippen molar-refractivity contribution < 1.29 is 9.47 Å². The average molecular weight is 299 g/mol. The highest BCUT2D eigenvalue weighted by Crippen LogP contribution is 2.28. The molecule has 0 unspecified atom stereocenters. The van der Waals surface area contributed by atoms with Crippen LogP contribution in [0.25, 0.3) is 0 Å². The zero-order valence-corrected chi connectivity index (χ0v) is 13.9. The van der Waals surface area contributed by atoms with Gasteiger partial charge in [-0.1, -0.05) is 19.1 Å². The Bertz CT molecular complexity index is 603. The van der Waals surface area contributed by atoms with E-state index in [1.165, 1.54) is 16.7 Å². The fourth-order valence-electron chi connectivity index (χ4n) is 2.43. The lowest BCUT2D eigenvalue weighted by Gasteiger charge is -2.13. The van der Waals surface area contributed by atoms with Crippen LogP contribution in [-0.2, 0) is 6.54 Å². The fourth-order valence-corrected chi connectivity index (χ4v) is 2.43. The summed E-state index contributed by atoms with van der Waals surface area (Å²) in [5.41, 5.74) is 4.84. The first-order valence-corrected chi connectivity index (χ1v) is 7.74. The Morgan fingerprint density at radius 2 is 1.68 bits per heavy atom. The van der Waals surface area contributed by atoms with Crippen molar-refractivity contribution in [1.82, 2.24) is 0 Å². The van der Waals surface area contributed by atoms with Crippen molar-refractivity contribution in [1.29, 1.82) is 0 Å². The molecule has 0 heterocycles. The van der Waals surface area contributed by atoms with Crippen molar-refractivity contribution in [2.24, 2.45) is 0 Å². The van der Waals surface area contributed by atoms with Gasteiger partial charge in [-0.05, 0) is 61.2 Å². The Kier molecular flexibility index (Phi) is 5.70. The van der Waals surface area contributed by atoms with E-state index in [1.54, 1.807) is 7.11 Å². The van der Waals surface area contributed by atoms with E-state index in [0.717, 1.165) is 30.2 Å². The third-order valence-electron chi connectivity index (χ3n) is 3.41. The van der Waals surface area contributed by atoms with E-state index < -0.39 is 0 Å². The van der Waals surface area contributed by atoms with Crippen molar-refractivity contribution in [3.8, 4) is 11.5 Å². The zero-order chi connectivity index (χ0) is 15.9. The summed E-state index contributed by atoms with van der Waals surface area (Å²) in [6, 6.07) is 12.6. The second kappa shape index (κ2) is 7.74. The molecule has 0 saturated carbocycles. The largest absolute Gasteiger partial charge is 0.493 e. The smallest absolute Gasteiger partial charge is 0.161 e. The number of anilines is 1. The first-order chi connectivity index (χ1) is 10.6. The number of ether oxygens (including phenoxy) is 2. The molecule has 0 radical (unpaired) electrons. The number of hydrogen-bond acceptors (Lipinski definition) is 3. The van der Waals surface area contributed by atoms with E-state index >= 15 is 0 Å². The maximum absolute atomic E-state index is 5.68. The van der Waals surface area contributed by atoms with Crippen LogP contribution in [0, 0.1) is 13.8 Å². The minimum atomic E-state index is 0.705. The van der Waals surface area contributed by atoms with Gasteiger partial charge in [-0.15, -0.1) is 0 Å². The zero-order valence-electron chi connectivity index (χ0n) is 13.9. The molecule has 22 heavy (non-hydrogen) atoms. The molecule has 0 atom stereocenters. The third-order valence-corrected chi connectivity index (χ3v) is 3.41. The van der Waals surface area contributed by atoms with Gasteiger partial charge in [-0.2, -0.15) is 0 Å². The standard InChI is InChI=1S/C19H25NO2/c1-5-8-22-18-7-6-16(12-19(18)21-4)13-20-17-10-14(2)9-15(3)11-17/h6-7,9-12,20H,5,8,13H2,1-4H3. The lowest BCUT2D eigenvalue weighted by Crippen LogP contribution is -2.02. The van der Waals surface area contributed by atoms with Crippen LogP contribution in [0.2, 0.25) is 0 Å². The average Bonchev–Trinajstić information content (AvgIpc) is 2.50. The molecule has 0 aliphatic carbocycles. The summed E-state index contributed by atoms with van der Waals surface area (Å²) < 4.78 is 11.1. The van der Waals surface area contributed by atoms with Crippen molar-refractivity contribution in [3.05, 3.63) is 53.1 Å². The Balaban J connectivity index is 2.06. The summed E-state index contributed by atoms with van der Waals surface area (Å²) in [6.07, 6.45) is 0.985. The van der Waals surface area contributed by atoms with Crippen molar-refractivity contribution in [3.63, 3.8) is 0 Å². The van der Waals surface area contributed by atoms with E-state index in [4.69, 9.17) is 9.47 Å². The summed E-state index contributed by atoms with van der Waals surface area (Å²) in [5.74, 6) is 1.59. The molecule has 0 aromatic heterocycles. The van der Waals surface area contributed by atoms with E-state index in [2.05, 4.69) is 50.4 Å². The van der Waals surface area contributed by atoms with Gasteiger partial charge in [0.05, 0.1) is 13.7 Å². The predicted molar refractivity (Wildman–Crippen MR) is 92.0 cm³/mol. The van der Waals surface area contributed by atoms with Crippen LogP contribution in [0.5, 0.6) is 11.5 Å². The van der Waals surface area contributed by atoms with Crippen LogP contribution >= 0.6 is 0 Å². The number of nitrogens with one attached hydrogen (secondary N) is 1. The maximum atomic E-state index is 5.68. The molecule has 118 valence electrons. The SMILES string of the molecule is CCCOc1ccc(CNc2cc(C)cc(C)c2)cc1OC. The fraction of sp³-hybridized carbons (Fsp3) is 0.368. The third kappa shape index (κ3) is 4.42. The van der Waals surface area contributed by atoms with Gasteiger partial charge in [0.15, 0.2) is 11.5 Å². The van der Waals surface area contributed by atoms with Gasteiger partial charge in [0.25, 0.3) is 0 Å². The van der Waals surface area contributed by atoms with Crippen LogP contribution < -0.4 is 14.8 Å². The predicted octanol–water partition coefficient (Wildman–Crippen LogP) is 4.71. The van der Waals surface area contributed by atoms with Gasteiger partial charge in [0, 0.05) is 12.2 Å².